The highest BCUT2D eigenvalue weighted by Gasteiger charge is 2.08. The van der Waals surface area contributed by atoms with Gasteiger partial charge in [-0.3, -0.25) is 0 Å². The molecule has 0 bridgehead atoms. The van der Waals surface area contributed by atoms with E-state index in [0.717, 1.165) is 23.0 Å². The van der Waals surface area contributed by atoms with Crippen LogP contribution in [-0.4, -0.2) is 11.0 Å². The van der Waals surface area contributed by atoms with Crippen LogP contribution in [0.25, 0.3) is 0 Å². The van der Waals surface area contributed by atoms with Crippen LogP contribution in [0.5, 0.6) is 0 Å². The second-order valence-corrected chi connectivity index (χ2v) is 7.55. The Morgan fingerprint density at radius 3 is 2.90 bits per heavy atom. The van der Waals surface area contributed by atoms with Gasteiger partial charge in [0.2, 0.25) is 0 Å². The normalized spacial score (nSPS) is 11.2. The van der Waals surface area contributed by atoms with E-state index in [2.05, 4.69) is 37.1 Å². The topological polar surface area (TPSA) is 24.9 Å². The molecule has 2 nitrogen and oxygen atoms in total. The number of hydrogen-bond acceptors (Lipinski definition) is 4. The lowest BCUT2D eigenvalue weighted by molar-refractivity contribution is 0.591. The lowest BCUT2D eigenvalue weighted by Gasteiger charge is -2.05. The van der Waals surface area contributed by atoms with Crippen LogP contribution >= 0.6 is 34.7 Å². The molecule has 5 heteroatoms. The summed E-state index contributed by atoms with van der Waals surface area (Å²) in [5.41, 5.74) is 1.14. The molecule has 0 spiro atoms. The molecule has 108 valence electrons. The van der Waals surface area contributed by atoms with E-state index in [0.29, 0.717) is 6.04 Å². The summed E-state index contributed by atoms with van der Waals surface area (Å²) in [5.74, 6) is 0.896. The maximum Gasteiger partial charge on any atom is 0.103 e. The van der Waals surface area contributed by atoms with Crippen molar-refractivity contribution < 1.29 is 0 Å². The quantitative estimate of drug-likeness (QED) is 0.765. The molecule has 2 rings (SSSR count). The number of thiazole rings is 1. The molecule has 0 saturated carbocycles. The lowest BCUT2D eigenvalue weighted by atomic mass is 10.3. The molecule has 0 unspecified atom stereocenters. The monoisotopic (exact) mass is 326 g/mol. The number of aromatic nitrogens is 1. The molecule has 1 aromatic heterocycles. The van der Waals surface area contributed by atoms with Crippen molar-refractivity contribution >= 4 is 34.7 Å². The molecule has 0 atom stereocenters. The van der Waals surface area contributed by atoms with Crippen molar-refractivity contribution in [2.75, 3.05) is 0 Å². The van der Waals surface area contributed by atoms with Crippen LogP contribution in [0.2, 0.25) is 5.02 Å². The first kappa shape index (κ1) is 15.8. The third-order valence-electron chi connectivity index (χ3n) is 2.77. The molecule has 0 aliphatic rings. The van der Waals surface area contributed by atoms with Gasteiger partial charge in [-0.15, -0.1) is 23.1 Å². The number of thioether (sulfide) groups is 1. The molecule has 2 aromatic rings. The van der Waals surface area contributed by atoms with Crippen molar-refractivity contribution in [2.45, 2.75) is 44.0 Å². The highest BCUT2D eigenvalue weighted by Crippen LogP contribution is 2.28. The van der Waals surface area contributed by atoms with E-state index in [1.807, 2.05) is 18.2 Å². The van der Waals surface area contributed by atoms with Gasteiger partial charge in [0.15, 0.2) is 0 Å². The number of hydrogen-bond donors (Lipinski definition) is 1. The number of aryl methyl sites for hydroxylation is 1. The fraction of sp³-hybridized carbons (Fsp3) is 0.400. The third kappa shape index (κ3) is 4.77. The lowest BCUT2D eigenvalue weighted by Crippen LogP contribution is -2.21. The Balaban J connectivity index is 1.95. The zero-order chi connectivity index (χ0) is 14.5. The van der Waals surface area contributed by atoms with Crippen LogP contribution in [0.4, 0.5) is 0 Å². The van der Waals surface area contributed by atoms with E-state index >= 15 is 0 Å². The van der Waals surface area contributed by atoms with Crippen LogP contribution in [0.1, 0.15) is 29.4 Å². The fourth-order valence-corrected chi connectivity index (χ4v) is 3.94. The van der Waals surface area contributed by atoms with Crippen molar-refractivity contribution in [1.29, 1.82) is 0 Å². The highest BCUT2D eigenvalue weighted by molar-refractivity contribution is 7.98. The van der Waals surface area contributed by atoms with E-state index < -0.39 is 0 Å². The molecule has 0 aliphatic heterocycles. The fourth-order valence-electron chi connectivity index (χ4n) is 1.71. The number of nitrogens with one attached hydrogen (secondary N) is 1. The van der Waals surface area contributed by atoms with Gasteiger partial charge in [0.1, 0.15) is 5.01 Å². The van der Waals surface area contributed by atoms with Crippen molar-refractivity contribution in [3.05, 3.63) is 44.9 Å². The molecule has 0 saturated heterocycles. The van der Waals surface area contributed by atoms with E-state index in [1.54, 1.807) is 23.1 Å². The Kier molecular flexibility index (Phi) is 5.90. The van der Waals surface area contributed by atoms with Gasteiger partial charge in [0.25, 0.3) is 0 Å². The van der Waals surface area contributed by atoms with Crippen molar-refractivity contribution in [3.8, 4) is 0 Å². The minimum atomic E-state index is 0.501. The average Bonchev–Trinajstić information content (AvgIpc) is 2.75. The van der Waals surface area contributed by atoms with Gasteiger partial charge in [0.05, 0.1) is 11.4 Å². The van der Waals surface area contributed by atoms with Crippen molar-refractivity contribution in [1.82, 2.24) is 10.3 Å². The first-order valence-corrected chi connectivity index (χ1v) is 8.79. The van der Waals surface area contributed by atoms with E-state index in [-0.39, 0.29) is 0 Å². The Bertz CT molecular complexity index is 567. The van der Waals surface area contributed by atoms with Crippen LogP contribution in [0.15, 0.2) is 29.2 Å². The summed E-state index contributed by atoms with van der Waals surface area (Å²) in [7, 11) is 0. The van der Waals surface area contributed by atoms with Gasteiger partial charge in [-0.2, -0.15) is 0 Å². The Labute approximate surface area is 134 Å². The summed E-state index contributed by atoms with van der Waals surface area (Å²) in [6.07, 6.45) is 0. The molecule has 1 N–H and O–H groups in total. The number of rotatable bonds is 6. The Morgan fingerprint density at radius 1 is 1.40 bits per heavy atom. The summed E-state index contributed by atoms with van der Waals surface area (Å²) >= 11 is 9.57. The first-order valence-electron chi connectivity index (χ1n) is 6.61. The zero-order valence-electron chi connectivity index (χ0n) is 11.9. The maximum absolute atomic E-state index is 5.99. The van der Waals surface area contributed by atoms with Gasteiger partial charge in [-0.25, -0.2) is 4.98 Å². The largest absolute Gasteiger partial charge is 0.310 e. The molecule has 1 aromatic carbocycles. The summed E-state index contributed by atoms with van der Waals surface area (Å²) in [6.45, 7) is 7.31. The minimum absolute atomic E-state index is 0.501. The molecule has 0 radical (unpaired) electrons. The standard InChI is InChI=1S/C15H19ClN2S2/c1-10(2)17-8-14-11(3)18-15(20-14)9-19-13-6-4-5-12(16)7-13/h4-7,10,17H,8-9H2,1-3H3. The first-order chi connectivity index (χ1) is 9.54. The Hall–Kier alpha value is -0.550. The van der Waals surface area contributed by atoms with E-state index in [1.165, 1.54) is 14.8 Å². The average molecular weight is 327 g/mol. The van der Waals surface area contributed by atoms with Gasteiger partial charge in [0, 0.05) is 27.4 Å². The number of benzene rings is 1. The summed E-state index contributed by atoms with van der Waals surface area (Å²) in [5, 5.41) is 5.40. The molecule has 0 amide bonds. The second kappa shape index (κ2) is 7.46. The van der Waals surface area contributed by atoms with Gasteiger partial charge in [-0.05, 0) is 25.1 Å². The predicted octanol–water partition coefficient (Wildman–Crippen LogP) is 4.90. The van der Waals surface area contributed by atoms with E-state index in [4.69, 9.17) is 11.6 Å². The summed E-state index contributed by atoms with van der Waals surface area (Å²) in [4.78, 5) is 7.17. The van der Waals surface area contributed by atoms with E-state index in [9.17, 15) is 0 Å². The van der Waals surface area contributed by atoms with Gasteiger partial charge in [-0.1, -0.05) is 31.5 Å². The maximum atomic E-state index is 5.99. The minimum Gasteiger partial charge on any atom is -0.310 e. The van der Waals surface area contributed by atoms with Crippen molar-refractivity contribution in [3.63, 3.8) is 0 Å². The number of halogens is 1. The smallest absolute Gasteiger partial charge is 0.103 e. The molecule has 0 fully saturated rings. The highest BCUT2D eigenvalue weighted by atomic mass is 35.5. The SMILES string of the molecule is Cc1nc(CSc2cccc(Cl)c2)sc1CNC(C)C. The molecular formula is C15H19ClN2S2. The predicted molar refractivity (Wildman–Crippen MR) is 89.8 cm³/mol. The van der Waals surface area contributed by atoms with Crippen LogP contribution in [-0.2, 0) is 12.3 Å². The second-order valence-electron chi connectivity index (χ2n) is 4.90. The number of nitrogens with zero attached hydrogens (tertiary/aromatic N) is 1. The summed E-state index contributed by atoms with van der Waals surface area (Å²) in [6, 6.07) is 8.46. The molecule has 0 aliphatic carbocycles. The zero-order valence-corrected chi connectivity index (χ0v) is 14.3. The van der Waals surface area contributed by atoms with Crippen molar-refractivity contribution in [2.24, 2.45) is 0 Å². The van der Waals surface area contributed by atoms with Gasteiger partial charge >= 0.3 is 0 Å². The van der Waals surface area contributed by atoms with Gasteiger partial charge < -0.3 is 5.32 Å². The molecule has 20 heavy (non-hydrogen) atoms. The molecule has 1 heterocycles. The molecular weight excluding hydrogens is 308 g/mol. The third-order valence-corrected chi connectivity index (χ3v) is 5.35. The van der Waals surface area contributed by atoms with Crippen LogP contribution < -0.4 is 5.32 Å². The summed E-state index contributed by atoms with van der Waals surface area (Å²) < 4.78 is 0. The van der Waals surface area contributed by atoms with Crippen LogP contribution in [0, 0.1) is 6.92 Å². The van der Waals surface area contributed by atoms with Crippen LogP contribution in [0.3, 0.4) is 0 Å². The Morgan fingerprint density at radius 2 is 2.20 bits per heavy atom.